The maximum absolute atomic E-state index is 12.4. The highest BCUT2D eigenvalue weighted by Gasteiger charge is 2.17. The van der Waals surface area contributed by atoms with Crippen LogP contribution in [0, 0.1) is 0 Å². The van der Waals surface area contributed by atoms with Gasteiger partial charge in [0.2, 0.25) is 5.76 Å². The second kappa shape index (κ2) is 7.59. The van der Waals surface area contributed by atoms with E-state index < -0.39 is 0 Å². The van der Waals surface area contributed by atoms with Gasteiger partial charge in [0.25, 0.3) is 5.91 Å². The van der Waals surface area contributed by atoms with Crippen molar-refractivity contribution in [1.29, 1.82) is 0 Å². The number of carbonyl (C=O) groups is 1. The number of hydrogen-bond acceptors (Lipinski definition) is 3. The molecule has 4 nitrogen and oxygen atoms in total. The monoisotopic (exact) mass is 320 g/mol. The van der Waals surface area contributed by atoms with Crippen LogP contribution in [0.15, 0.2) is 71.3 Å². The van der Waals surface area contributed by atoms with E-state index in [0.29, 0.717) is 6.54 Å². The van der Waals surface area contributed by atoms with Crippen LogP contribution < -0.4 is 0 Å². The van der Waals surface area contributed by atoms with Gasteiger partial charge in [0, 0.05) is 19.7 Å². The highest BCUT2D eigenvalue weighted by atomic mass is 16.5. The standard InChI is InChI=1S/C20H20N2O2/c1-22(15-17-10-6-3-7-11-17)20(23)19-14-18(21-24-19)13-12-16-8-4-2-5-9-16/h2-11,14H,12-13,15H2,1H3. The first-order valence-corrected chi connectivity index (χ1v) is 8.01. The van der Waals surface area contributed by atoms with Crippen molar-refractivity contribution in [3.63, 3.8) is 0 Å². The summed E-state index contributed by atoms with van der Waals surface area (Å²) in [6, 6.07) is 21.8. The molecule has 1 amide bonds. The molecule has 0 radical (unpaired) electrons. The molecule has 0 unspecified atom stereocenters. The molecule has 0 saturated heterocycles. The molecule has 0 aliphatic rings. The lowest BCUT2D eigenvalue weighted by molar-refractivity contribution is 0.0743. The second-order valence-electron chi connectivity index (χ2n) is 5.81. The Bertz CT molecular complexity index is 782. The lowest BCUT2D eigenvalue weighted by atomic mass is 10.1. The minimum atomic E-state index is -0.155. The average Bonchev–Trinajstić information content (AvgIpc) is 3.10. The zero-order chi connectivity index (χ0) is 16.8. The normalized spacial score (nSPS) is 10.5. The van der Waals surface area contributed by atoms with E-state index in [1.54, 1.807) is 18.0 Å². The van der Waals surface area contributed by atoms with Crippen LogP contribution in [-0.2, 0) is 19.4 Å². The number of hydrogen-bond donors (Lipinski definition) is 0. The van der Waals surface area contributed by atoms with E-state index in [9.17, 15) is 4.79 Å². The van der Waals surface area contributed by atoms with Gasteiger partial charge in [-0.15, -0.1) is 0 Å². The fourth-order valence-corrected chi connectivity index (χ4v) is 2.56. The van der Waals surface area contributed by atoms with Gasteiger partial charge >= 0.3 is 0 Å². The predicted octanol–water partition coefficient (Wildman–Crippen LogP) is 3.73. The Kier molecular flexibility index (Phi) is 5.06. The first-order valence-electron chi connectivity index (χ1n) is 8.01. The molecule has 24 heavy (non-hydrogen) atoms. The summed E-state index contributed by atoms with van der Waals surface area (Å²) in [4.78, 5) is 14.1. The summed E-state index contributed by atoms with van der Waals surface area (Å²) < 4.78 is 5.23. The second-order valence-corrected chi connectivity index (χ2v) is 5.81. The van der Waals surface area contributed by atoms with Crippen molar-refractivity contribution in [3.05, 3.63) is 89.3 Å². The minimum Gasteiger partial charge on any atom is -0.351 e. The number of aromatic nitrogens is 1. The van der Waals surface area contributed by atoms with Crippen LogP contribution in [0.2, 0.25) is 0 Å². The molecule has 4 heteroatoms. The molecule has 3 rings (SSSR count). The third kappa shape index (κ3) is 4.10. The lowest BCUT2D eigenvalue weighted by Gasteiger charge is -2.15. The van der Waals surface area contributed by atoms with E-state index in [1.807, 2.05) is 48.5 Å². The minimum absolute atomic E-state index is 0.155. The third-order valence-electron chi connectivity index (χ3n) is 3.89. The van der Waals surface area contributed by atoms with Crippen molar-refractivity contribution in [1.82, 2.24) is 10.1 Å². The van der Waals surface area contributed by atoms with Crippen LogP contribution in [-0.4, -0.2) is 23.0 Å². The highest BCUT2D eigenvalue weighted by Crippen LogP contribution is 2.12. The summed E-state index contributed by atoms with van der Waals surface area (Å²) >= 11 is 0. The van der Waals surface area contributed by atoms with Crippen LogP contribution in [0.3, 0.4) is 0 Å². The van der Waals surface area contributed by atoms with E-state index in [1.165, 1.54) is 5.56 Å². The van der Waals surface area contributed by atoms with E-state index in [-0.39, 0.29) is 11.7 Å². The maximum atomic E-state index is 12.4. The largest absolute Gasteiger partial charge is 0.351 e. The van der Waals surface area contributed by atoms with E-state index in [4.69, 9.17) is 4.52 Å². The van der Waals surface area contributed by atoms with Gasteiger partial charge in [-0.1, -0.05) is 65.8 Å². The molecule has 0 N–H and O–H groups in total. The van der Waals surface area contributed by atoms with Crippen molar-refractivity contribution in [2.24, 2.45) is 0 Å². The molecule has 0 aliphatic carbocycles. The van der Waals surface area contributed by atoms with Gasteiger partial charge in [0.1, 0.15) is 0 Å². The number of amides is 1. The Morgan fingerprint density at radius 1 is 0.958 bits per heavy atom. The van der Waals surface area contributed by atoms with Crippen LogP contribution in [0.5, 0.6) is 0 Å². The first kappa shape index (κ1) is 16.0. The summed E-state index contributed by atoms with van der Waals surface area (Å²) in [6.45, 7) is 0.541. The summed E-state index contributed by atoms with van der Waals surface area (Å²) in [5, 5.41) is 4.02. The van der Waals surface area contributed by atoms with Gasteiger partial charge in [0.05, 0.1) is 5.69 Å². The van der Waals surface area contributed by atoms with Crippen molar-refractivity contribution in [2.45, 2.75) is 19.4 Å². The van der Waals surface area contributed by atoms with Gasteiger partial charge in [-0.3, -0.25) is 4.79 Å². The Balaban J connectivity index is 1.59. The molecule has 0 spiro atoms. The zero-order valence-electron chi connectivity index (χ0n) is 13.7. The van der Waals surface area contributed by atoms with Gasteiger partial charge in [-0.25, -0.2) is 0 Å². The van der Waals surface area contributed by atoms with Crippen LogP contribution in [0.25, 0.3) is 0 Å². The van der Waals surface area contributed by atoms with Crippen LogP contribution >= 0.6 is 0 Å². The molecule has 3 aromatic rings. The topological polar surface area (TPSA) is 46.3 Å². The molecular formula is C20H20N2O2. The quantitative estimate of drug-likeness (QED) is 0.695. The Morgan fingerprint density at radius 2 is 1.58 bits per heavy atom. The van der Waals surface area contributed by atoms with Crippen molar-refractivity contribution >= 4 is 5.91 Å². The van der Waals surface area contributed by atoms with Gasteiger partial charge in [-0.2, -0.15) is 0 Å². The predicted molar refractivity (Wildman–Crippen MR) is 92.6 cm³/mol. The molecule has 2 aromatic carbocycles. The fraction of sp³-hybridized carbons (Fsp3) is 0.200. The smallest absolute Gasteiger partial charge is 0.292 e. The van der Waals surface area contributed by atoms with Crippen molar-refractivity contribution in [3.8, 4) is 0 Å². The fourth-order valence-electron chi connectivity index (χ4n) is 2.56. The van der Waals surface area contributed by atoms with Crippen LogP contribution in [0.4, 0.5) is 0 Å². The van der Waals surface area contributed by atoms with E-state index in [0.717, 1.165) is 24.1 Å². The van der Waals surface area contributed by atoms with Gasteiger partial charge in [-0.05, 0) is 24.0 Å². The van der Waals surface area contributed by atoms with E-state index in [2.05, 4.69) is 17.3 Å². The highest BCUT2D eigenvalue weighted by molar-refractivity contribution is 5.91. The first-order chi connectivity index (χ1) is 11.7. The Hall–Kier alpha value is -2.88. The third-order valence-corrected chi connectivity index (χ3v) is 3.89. The van der Waals surface area contributed by atoms with E-state index >= 15 is 0 Å². The van der Waals surface area contributed by atoms with Crippen molar-refractivity contribution in [2.75, 3.05) is 7.05 Å². The molecule has 0 bridgehead atoms. The molecule has 0 fully saturated rings. The number of aryl methyl sites for hydroxylation is 2. The number of nitrogens with zero attached hydrogens (tertiary/aromatic N) is 2. The lowest BCUT2D eigenvalue weighted by Crippen LogP contribution is -2.25. The van der Waals surface area contributed by atoms with Crippen molar-refractivity contribution < 1.29 is 9.32 Å². The summed E-state index contributed by atoms with van der Waals surface area (Å²) in [5.41, 5.74) is 3.13. The molecule has 1 aromatic heterocycles. The maximum Gasteiger partial charge on any atom is 0.292 e. The molecular weight excluding hydrogens is 300 g/mol. The average molecular weight is 320 g/mol. The molecule has 0 aliphatic heterocycles. The summed E-state index contributed by atoms with van der Waals surface area (Å²) in [5.74, 6) is 0.133. The summed E-state index contributed by atoms with van der Waals surface area (Å²) in [6.07, 6.45) is 1.63. The molecule has 0 saturated carbocycles. The number of rotatable bonds is 6. The Labute approximate surface area is 141 Å². The van der Waals surface area contributed by atoms with Gasteiger partial charge < -0.3 is 9.42 Å². The molecule has 1 heterocycles. The zero-order valence-corrected chi connectivity index (χ0v) is 13.7. The van der Waals surface area contributed by atoms with Gasteiger partial charge in [0.15, 0.2) is 0 Å². The van der Waals surface area contributed by atoms with Crippen LogP contribution in [0.1, 0.15) is 27.4 Å². The summed E-state index contributed by atoms with van der Waals surface area (Å²) in [7, 11) is 1.77. The number of benzene rings is 2. The molecule has 0 atom stereocenters. The number of carbonyl (C=O) groups excluding carboxylic acids is 1. The SMILES string of the molecule is CN(Cc1ccccc1)C(=O)c1cc(CCc2ccccc2)no1. The Morgan fingerprint density at radius 3 is 2.25 bits per heavy atom. The molecule has 122 valence electrons.